The third kappa shape index (κ3) is 4.13. The molecule has 6 nitrogen and oxygen atoms in total. The first-order valence-corrected chi connectivity index (χ1v) is 11.5. The number of amides is 1. The van der Waals surface area contributed by atoms with Crippen molar-refractivity contribution in [2.75, 3.05) is 26.2 Å². The minimum atomic E-state index is -3.78. The molecule has 0 spiro atoms. The van der Waals surface area contributed by atoms with E-state index in [1.807, 2.05) is 38.1 Å². The van der Waals surface area contributed by atoms with Crippen molar-refractivity contribution in [2.45, 2.75) is 18.7 Å². The molecule has 1 aliphatic heterocycles. The fourth-order valence-electron chi connectivity index (χ4n) is 3.92. The zero-order valence-corrected chi connectivity index (χ0v) is 18.3. The summed E-state index contributed by atoms with van der Waals surface area (Å²) in [7, 11) is -3.78. The third-order valence-corrected chi connectivity index (χ3v) is 7.50. The molecule has 1 amide bonds. The Hall–Kier alpha value is -2.97. The lowest BCUT2D eigenvalue weighted by Crippen LogP contribution is -2.50. The number of aromatic nitrogens is 1. The normalized spacial score (nSPS) is 15.3. The van der Waals surface area contributed by atoms with E-state index >= 15 is 0 Å². The predicted molar refractivity (Wildman–Crippen MR) is 116 cm³/mol. The summed E-state index contributed by atoms with van der Waals surface area (Å²) >= 11 is 0. The Kier molecular flexibility index (Phi) is 5.68. The van der Waals surface area contributed by atoms with Gasteiger partial charge in [-0.3, -0.25) is 4.79 Å². The lowest BCUT2D eigenvalue weighted by atomic mass is 10.1. The van der Waals surface area contributed by atoms with Crippen LogP contribution < -0.4 is 0 Å². The van der Waals surface area contributed by atoms with Gasteiger partial charge in [-0.1, -0.05) is 6.07 Å². The van der Waals surface area contributed by atoms with Crippen molar-refractivity contribution in [3.05, 3.63) is 83.4 Å². The van der Waals surface area contributed by atoms with Gasteiger partial charge in [0.1, 0.15) is 5.82 Å². The molecule has 2 heterocycles. The number of piperazine rings is 1. The van der Waals surface area contributed by atoms with Crippen LogP contribution in [-0.4, -0.2) is 54.3 Å². The Labute approximate surface area is 181 Å². The van der Waals surface area contributed by atoms with Crippen molar-refractivity contribution in [1.82, 2.24) is 13.8 Å². The molecule has 162 valence electrons. The average Bonchev–Trinajstić information content (AvgIpc) is 3.11. The van der Waals surface area contributed by atoms with Gasteiger partial charge in [0.2, 0.25) is 10.0 Å². The largest absolute Gasteiger partial charge is 0.336 e. The average molecular weight is 442 g/mol. The van der Waals surface area contributed by atoms with E-state index in [0.717, 1.165) is 23.1 Å². The molecule has 1 aliphatic rings. The van der Waals surface area contributed by atoms with E-state index < -0.39 is 15.8 Å². The molecule has 0 atom stereocenters. The van der Waals surface area contributed by atoms with Gasteiger partial charge < -0.3 is 9.47 Å². The van der Waals surface area contributed by atoms with Crippen LogP contribution in [0.25, 0.3) is 5.69 Å². The molecule has 1 aromatic heterocycles. The molecule has 8 heteroatoms. The van der Waals surface area contributed by atoms with Crippen LogP contribution in [0.2, 0.25) is 0 Å². The maximum Gasteiger partial charge on any atom is 0.253 e. The first-order valence-electron chi connectivity index (χ1n) is 10.1. The highest BCUT2D eigenvalue weighted by molar-refractivity contribution is 7.89. The summed E-state index contributed by atoms with van der Waals surface area (Å²) in [6.07, 6.45) is 0. The lowest BCUT2D eigenvalue weighted by Gasteiger charge is -2.34. The van der Waals surface area contributed by atoms with Crippen molar-refractivity contribution in [3.8, 4) is 5.69 Å². The van der Waals surface area contributed by atoms with Gasteiger partial charge in [0.25, 0.3) is 5.91 Å². The van der Waals surface area contributed by atoms with Crippen LogP contribution in [0.1, 0.15) is 21.7 Å². The molecule has 0 saturated carbocycles. The Morgan fingerprint density at radius 3 is 2.06 bits per heavy atom. The van der Waals surface area contributed by atoms with Gasteiger partial charge in [-0.15, -0.1) is 0 Å². The van der Waals surface area contributed by atoms with E-state index in [1.54, 1.807) is 17.0 Å². The number of hydrogen-bond donors (Lipinski definition) is 0. The Morgan fingerprint density at radius 2 is 1.48 bits per heavy atom. The van der Waals surface area contributed by atoms with Crippen molar-refractivity contribution >= 4 is 15.9 Å². The number of halogens is 1. The second kappa shape index (κ2) is 8.28. The van der Waals surface area contributed by atoms with E-state index in [-0.39, 0.29) is 37.0 Å². The highest BCUT2D eigenvalue weighted by Crippen LogP contribution is 2.21. The van der Waals surface area contributed by atoms with E-state index in [9.17, 15) is 17.6 Å². The third-order valence-electron chi connectivity index (χ3n) is 5.60. The summed E-state index contributed by atoms with van der Waals surface area (Å²) in [5.74, 6) is -0.723. The fourth-order valence-corrected chi connectivity index (χ4v) is 5.37. The van der Waals surface area contributed by atoms with Crippen molar-refractivity contribution in [2.24, 2.45) is 0 Å². The molecule has 0 N–H and O–H groups in total. The van der Waals surface area contributed by atoms with Crippen LogP contribution in [0, 0.1) is 19.7 Å². The van der Waals surface area contributed by atoms with Gasteiger partial charge in [0.15, 0.2) is 0 Å². The van der Waals surface area contributed by atoms with E-state index in [1.165, 1.54) is 22.5 Å². The molecule has 4 rings (SSSR count). The summed E-state index contributed by atoms with van der Waals surface area (Å²) in [6.45, 7) is 4.97. The second-order valence-corrected chi connectivity index (χ2v) is 9.59. The van der Waals surface area contributed by atoms with E-state index in [0.29, 0.717) is 5.56 Å². The van der Waals surface area contributed by atoms with Gasteiger partial charge in [-0.25, -0.2) is 12.8 Å². The van der Waals surface area contributed by atoms with Crippen LogP contribution in [0.3, 0.4) is 0 Å². The SMILES string of the molecule is Cc1ccc(C)n1-c1ccc(C(=O)N2CCN(S(=O)(=O)c3cccc(F)c3)CC2)cc1. The smallest absolute Gasteiger partial charge is 0.253 e. The van der Waals surface area contributed by atoms with Crippen LogP contribution >= 0.6 is 0 Å². The second-order valence-electron chi connectivity index (χ2n) is 7.65. The zero-order valence-electron chi connectivity index (χ0n) is 17.5. The standard InChI is InChI=1S/C23H24FN3O3S/c1-17-6-7-18(2)27(17)21-10-8-19(9-11-21)23(28)25-12-14-26(15-13-25)31(29,30)22-5-3-4-20(24)16-22/h3-11,16H,12-15H2,1-2H3. The van der Waals surface area contributed by atoms with Gasteiger partial charge in [-0.05, 0) is 68.4 Å². The molecule has 0 aliphatic carbocycles. The van der Waals surface area contributed by atoms with Gasteiger partial charge >= 0.3 is 0 Å². The summed E-state index contributed by atoms with van der Waals surface area (Å²) in [5, 5.41) is 0. The van der Waals surface area contributed by atoms with Gasteiger partial charge in [0.05, 0.1) is 4.90 Å². The maximum absolute atomic E-state index is 13.4. The Morgan fingerprint density at radius 1 is 0.871 bits per heavy atom. The fraction of sp³-hybridized carbons (Fsp3) is 0.261. The maximum atomic E-state index is 13.4. The van der Waals surface area contributed by atoms with E-state index in [2.05, 4.69) is 4.57 Å². The summed E-state index contributed by atoms with van der Waals surface area (Å²) in [6, 6.07) is 16.5. The highest BCUT2D eigenvalue weighted by atomic mass is 32.2. The van der Waals surface area contributed by atoms with Gasteiger partial charge in [0, 0.05) is 48.8 Å². The molecule has 1 fully saturated rings. The Balaban J connectivity index is 1.44. The highest BCUT2D eigenvalue weighted by Gasteiger charge is 2.30. The number of carbonyl (C=O) groups excluding carboxylic acids is 1. The van der Waals surface area contributed by atoms with Crippen molar-refractivity contribution in [3.63, 3.8) is 0 Å². The topological polar surface area (TPSA) is 62.6 Å². The number of aryl methyl sites for hydroxylation is 2. The summed E-state index contributed by atoms with van der Waals surface area (Å²) in [5.41, 5.74) is 3.79. The molecule has 2 aromatic carbocycles. The Bertz CT molecular complexity index is 1190. The molecule has 31 heavy (non-hydrogen) atoms. The predicted octanol–water partition coefficient (Wildman–Crippen LogP) is 3.38. The number of hydrogen-bond acceptors (Lipinski definition) is 3. The van der Waals surface area contributed by atoms with Crippen LogP contribution in [-0.2, 0) is 10.0 Å². The van der Waals surface area contributed by atoms with Crippen molar-refractivity contribution < 1.29 is 17.6 Å². The van der Waals surface area contributed by atoms with Gasteiger partial charge in [-0.2, -0.15) is 4.31 Å². The number of nitrogens with zero attached hydrogens (tertiary/aromatic N) is 3. The van der Waals surface area contributed by atoms with Crippen molar-refractivity contribution in [1.29, 1.82) is 0 Å². The number of benzene rings is 2. The van der Waals surface area contributed by atoms with E-state index in [4.69, 9.17) is 0 Å². The summed E-state index contributed by atoms with van der Waals surface area (Å²) in [4.78, 5) is 14.5. The number of carbonyl (C=O) groups is 1. The quantitative estimate of drug-likeness (QED) is 0.624. The first kappa shape index (κ1) is 21.3. The molecule has 1 saturated heterocycles. The monoisotopic (exact) mass is 441 g/mol. The van der Waals surface area contributed by atoms with Crippen LogP contribution in [0.5, 0.6) is 0 Å². The minimum Gasteiger partial charge on any atom is -0.336 e. The molecule has 0 bridgehead atoms. The van der Waals surface area contributed by atoms with Crippen LogP contribution in [0.4, 0.5) is 4.39 Å². The molecule has 0 unspecified atom stereocenters. The minimum absolute atomic E-state index is 0.0709. The zero-order chi connectivity index (χ0) is 22.2. The lowest BCUT2D eigenvalue weighted by molar-refractivity contribution is 0.0698. The number of rotatable bonds is 4. The van der Waals surface area contributed by atoms with Crippen LogP contribution in [0.15, 0.2) is 65.6 Å². The molecular formula is C23H24FN3O3S. The number of sulfonamides is 1. The molecule has 0 radical (unpaired) electrons. The molecule has 3 aromatic rings. The molecular weight excluding hydrogens is 417 g/mol. The first-order chi connectivity index (χ1) is 14.8. The summed E-state index contributed by atoms with van der Waals surface area (Å²) < 4.78 is 42.3.